The van der Waals surface area contributed by atoms with E-state index in [4.69, 9.17) is 14.2 Å². The monoisotopic (exact) mass is 974 g/mol. The number of alkyl carbamates (subject to hydrolysis) is 3. The molecule has 0 heterocycles. The molecule has 3 aromatic carbocycles. The van der Waals surface area contributed by atoms with Gasteiger partial charge in [-0.05, 0) is 96.8 Å². The van der Waals surface area contributed by atoms with Gasteiger partial charge in [-0.3, -0.25) is 24.0 Å². The average molecular weight is 974 g/mol. The van der Waals surface area contributed by atoms with Gasteiger partial charge in [-0.1, -0.05) is 91.0 Å². The molecule has 19 heteroatoms. The van der Waals surface area contributed by atoms with Gasteiger partial charge in [-0.2, -0.15) is 0 Å². The van der Waals surface area contributed by atoms with Crippen molar-refractivity contribution in [3.8, 4) is 0 Å². The van der Waals surface area contributed by atoms with Crippen LogP contribution in [0.15, 0.2) is 91.0 Å². The van der Waals surface area contributed by atoms with Crippen LogP contribution in [0.1, 0.15) is 96.8 Å². The Morgan fingerprint density at radius 2 is 0.843 bits per heavy atom. The summed E-state index contributed by atoms with van der Waals surface area (Å²) >= 11 is 0. The number of nitrogens with one attached hydrogen (secondary N) is 7. The molecule has 0 aliphatic heterocycles. The second kappa shape index (κ2) is 29.7. The summed E-state index contributed by atoms with van der Waals surface area (Å²) < 4.78 is 20.7. The molecular formula is C51H71N7O12. The Bertz CT molecular complexity index is 2130. The van der Waals surface area contributed by atoms with Gasteiger partial charge in [-0.25, -0.2) is 14.4 Å². The molecule has 0 unspecified atom stereocenters. The zero-order valence-corrected chi connectivity index (χ0v) is 41.4. The quantitative estimate of drug-likeness (QED) is 0.0322. The first-order chi connectivity index (χ1) is 33.2. The number of hydrogen-bond donors (Lipinski definition) is 7. The van der Waals surface area contributed by atoms with Crippen LogP contribution >= 0.6 is 0 Å². The van der Waals surface area contributed by atoms with Crippen LogP contribution in [0.4, 0.5) is 14.4 Å². The number of carbonyl (C=O) groups is 8. The van der Waals surface area contributed by atoms with E-state index in [1.165, 1.54) is 7.11 Å². The van der Waals surface area contributed by atoms with Crippen LogP contribution in [-0.4, -0.2) is 110 Å². The fourth-order valence-corrected chi connectivity index (χ4v) is 6.69. The Kier molecular flexibility index (Phi) is 24.2. The van der Waals surface area contributed by atoms with E-state index in [0.29, 0.717) is 36.8 Å². The van der Waals surface area contributed by atoms with E-state index in [1.807, 2.05) is 6.07 Å². The number of methoxy groups -OCH3 is 1. The number of ether oxygens (including phenoxy) is 4. The van der Waals surface area contributed by atoms with E-state index >= 15 is 0 Å². The summed E-state index contributed by atoms with van der Waals surface area (Å²) in [6.45, 7) is 10.3. The van der Waals surface area contributed by atoms with Gasteiger partial charge in [0.15, 0.2) is 0 Å². The molecule has 3 rings (SSSR count). The van der Waals surface area contributed by atoms with Crippen molar-refractivity contribution in [3.05, 3.63) is 108 Å². The summed E-state index contributed by atoms with van der Waals surface area (Å²) in [5.74, 6) is -3.57. The third kappa shape index (κ3) is 24.2. The SMILES string of the molecule is COC(=O)CNC(=O)[C@H](Cc1ccccc1)NC(=O)[C@@H](CCCCNC(=O)OC(C)(C)C)NC(=O)[C@H](Cc1ccccc1)NC(=O)[C@@H](CCCCNC(=O)OC(C)(C)C)NC(=O)OCc1ccccc1. The minimum Gasteiger partial charge on any atom is -0.468 e. The predicted molar refractivity (Wildman–Crippen MR) is 261 cm³/mol. The second-order valence-corrected chi connectivity index (χ2v) is 18.5. The lowest BCUT2D eigenvalue weighted by molar-refractivity contribution is -0.141. The Morgan fingerprint density at radius 1 is 0.457 bits per heavy atom. The Hall–Kier alpha value is -7.18. The van der Waals surface area contributed by atoms with Crippen LogP contribution in [0.2, 0.25) is 0 Å². The second-order valence-electron chi connectivity index (χ2n) is 18.5. The van der Waals surface area contributed by atoms with Crippen molar-refractivity contribution < 1.29 is 57.3 Å². The first kappa shape index (κ1) is 57.1. The Labute approximate surface area is 410 Å². The molecule has 0 saturated carbocycles. The molecule has 4 atom stereocenters. The normalized spacial score (nSPS) is 12.8. The number of esters is 1. The van der Waals surface area contributed by atoms with E-state index < -0.39 is 89.8 Å². The van der Waals surface area contributed by atoms with E-state index in [9.17, 15) is 38.4 Å². The molecule has 7 amide bonds. The molecule has 7 N–H and O–H groups in total. The highest BCUT2D eigenvalue weighted by Crippen LogP contribution is 2.12. The maximum atomic E-state index is 14.5. The molecule has 0 saturated heterocycles. The van der Waals surface area contributed by atoms with Gasteiger partial charge in [0.05, 0.1) is 7.11 Å². The van der Waals surface area contributed by atoms with Crippen molar-refractivity contribution in [3.63, 3.8) is 0 Å². The number of hydrogen-bond acceptors (Lipinski definition) is 12. The minimum atomic E-state index is -1.29. The molecule has 0 aromatic heterocycles. The van der Waals surface area contributed by atoms with Gasteiger partial charge >= 0.3 is 24.2 Å². The molecule has 0 spiro atoms. The molecule has 0 radical (unpaired) electrons. The third-order valence-electron chi connectivity index (χ3n) is 10.1. The molecule has 3 aromatic rings. The molecule has 70 heavy (non-hydrogen) atoms. The summed E-state index contributed by atoms with van der Waals surface area (Å²) in [7, 11) is 1.17. The fourth-order valence-electron chi connectivity index (χ4n) is 6.69. The number of rotatable bonds is 26. The molecule has 19 nitrogen and oxygen atoms in total. The van der Waals surface area contributed by atoms with Crippen molar-refractivity contribution in [2.24, 2.45) is 0 Å². The Balaban J connectivity index is 1.89. The van der Waals surface area contributed by atoms with Gasteiger partial charge in [0, 0.05) is 25.9 Å². The average Bonchev–Trinajstić information content (AvgIpc) is 3.30. The number of carbonyl (C=O) groups excluding carboxylic acids is 8. The highest BCUT2D eigenvalue weighted by Gasteiger charge is 2.32. The van der Waals surface area contributed by atoms with Crippen LogP contribution < -0.4 is 37.2 Å². The van der Waals surface area contributed by atoms with Crippen molar-refractivity contribution >= 4 is 47.9 Å². The van der Waals surface area contributed by atoms with Crippen molar-refractivity contribution in [1.82, 2.24) is 37.2 Å². The fraction of sp³-hybridized carbons (Fsp3) is 0.490. The highest BCUT2D eigenvalue weighted by atomic mass is 16.6. The summed E-state index contributed by atoms with van der Waals surface area (Å²) in [5, 5.41) is 18.8. The maximum absolute atomic E-state index is 14.5. The van der Waals surface area contributed by atoms with Crippen molar-refractivity contribution in [2.45, 2.75) is 135 Å². The highest BCUT2D eigenvalue weighted by molar-refractivity contribution is 5.96. The summed E-state index contributed by atoms with van der Waals surface area (Å²) in [5.41, 5.74) is 0.677. The molecule has 382 valence electrons. The van der Waals surface area contributed by atoms with Gasteiger partial charge < -0.3 is 56.2 Å². The summed E-state index contributed by atoms with van der Waals surface area (Å²) in [4.78, 5) is 106. The Morgan fingerprint density at radius 3 is 1.27 bits per heavy atom. The lowest BCUT2D eigenvalue weighted by Crippen LogP contribution is -2.59. The van der Waals surface area contributed by atoms with E-state index in [0.717, 1.165) is 5.56 Å². The van der Waals surface area contributed by atoms with Crippen LogP contribution in [0.3, 0.4) is 0 Å². The molecule has 0 bridgehead atoms. The lowest BCUT2D eigenvalue weighted by Gasteiger charge is -2.27. The number of amides is 7. The topological polar surface area (TPSA) is 258 Å². The maximum Gasteiger partial charge on any atom is 0.408 e. The van der Waals surface area contributed by atoms with Crippen molar-refractivity contribution in [2.75, 3.05) is 26.7 Å². The predicted octanol–water partition coefficient (Wildman–Crippen LogP) is 4.90. The third-order valence-corrected chi connectivity index (χ3v) is 10.1. The number of unbranched alkanes of at least 4 members (excludes halogenated alkanes) is 2. The van der Waals surface area contributed by atoms with Crippen LogP contribution in [-0.2, 0) is 62.4 Å². The van der Waals surface area contributed by atoms with E-state index in [2.05, 4.69) is 42.0 Å². The number of benzene rings is 3. The molecule has 0 aliphatic rings. The smallest absolute Gasteiger partial charge is 0.408 e. The van der Waals surface area contributed by atoms with Gasteiger partial charge in [0.25, 0.3) is 0 Å². The zero-order chi connectivity index (χ0) is 51.5. The van der Waals surface area contributed by atoms with Gasteiger partial charge in [0.2, 0.25) is 23.6 Å². The van der Waals surface area contributed by atoms with E-state index in [1.54, 1.807) is 126 Å². The van der Waals surface area contributed by atoms with Crippen LogP contribution in [0.25, 0.3) is 0 Å². The van der Waals surface area contributed by atoms with Crippen LogP contribution in [0.5, 0.6) is 0 Å². The standard InChI is InChI=1S/C51H71N7O12/c1-50(2,3)69-47(64)52-29-19-17-27-38(44(61)56-40(31-35-21-11-8-12-22-35)43(60)54-33-42(59)67-7)55-46(63)41(32-36-23-13-9-14-24-36)57-45(62)39(28-18-20-30-53-48(65)70-51(4,5)6)58-49(66)68-34-37-25-15-10-16-26-37/h8-16,21-26,38-41H,17-20,27-34H2,1-7H3,(H,52,64)(H,53,65)(H,54,60)(H,55,63)(H,56,61)(H,57,62)(H,58,66)/t38-,39-,40+,41+/m1/s1. The first-order valence-electron chi connectivity index (χ1n) is 23.5. The van der Waals surface area contributed by atoms with Crippen molar-refractivity contribution in [1.29, 1.82) is 0 Å². The first-order valence-corrected chi connectivity index (χ1v) is 23.5. The summed E-state index contributed by atoms with van der Waals surface area (Å²) in [6.07, 6.45) is -0.518. The van der Waals surface area contributed by atoms with Gasteiger partial charge in [0.1, 0.15) is 48.5 Å². The summed E-state index contributed by atoms with van der Waals surface area (Å²) in [6, 6.07) is 21.8. The molecule has 0 aliphatic carbocycles. The minimum absolute atomic E-state index is 0.0237. The molecule has 0 fully saturated rings. The van der Waals surface area contributed by atoms with Gasteiger partial charge in [-0.15, -0.1) is 0 Å². The van der Waals surface area contributed by atoms with E-state index in [-0.39, 0.29) is 45.4 Å². The molecular weight excluding hydrogens is 903 g/mol. The lowest BCUT2D eigenvalue weighted by atomic mass is 10.0. The largest absolute Gasteiger partial charge is 0.468 e. The zero-order valence-electron chi connectivity index (χ0n) is 41.4. The van der Waals surface area contributed by atoms with Crippen LogP contribution in [0, 0.1) is 0 Å².